The lowest BCUT2D eigenvalue weighted by Gasteiger charge is -2.18. The molecule has 0 heterocycles. The summed E-state index contributed by atoms with van der Waals surface area (Å²) in [5.74, 6) is -0.945. The number of hydrogen-bond acceptors (Lipinski definition) is 6. The first-order chi connectivity index (χ1) is 40.5. The third-order valence-corrected chi connectivity index (χ3v) is 13.7. The van der Waals surface area contributed by atoms with E-state index in [1.165, 1.54) is 57.8 Å². The van der Waals surface area contributed by atoms with Gasteiger partial charge < -0.3 is 14.2 Å². The first kappa shape index (κ1) is 77.0. The van der Waals surface area contributed by atoms with E-state index in [0.29, 0.717) is 19.3 Å². The van der Waals surface area contributed by atoms with Gasteiger partial charge in [-0.3, -0.25) is 14.4 Å². The molecule has 0 aromatic carbocycles. The highest BCUT2D eigenvalue weighted by molar-refractivity contribution is 5.71. The molecule has 0 amide bonds. The van der Waals surface area contributed by atoms with Crippen LogP contribution in [0.5, 0.6) is 0 Å². The molecular formula is C76H122O6. The van der Waals surface area contributed by atoms with Crippen molar-refractivity contribution in [1.29, 1.82) is 0 Å². The minimum absolute atomic E-state index is 0.102. The average molecular weight is 1130 g/mol. The number of allylic oxidation sites excluding steroid dienone is 26. The molecule has 82 heavy (non-hydrogen) atoms. The van der Waals surface area contributed by atoms with Crippen LogP contribution >= 0.6 is 0 Å². The van der Waals surface area contributed by atoms with Gasteiger partial charge >= 0.3 is 17.9 Å². The maximum atomic E-state index is 12.9. The van der Waals surface area contributed by atoms with Crippen LogP contribution in [0.4, 0.5) is 0 Å². The number of hydrogen-bond donors (Lipinski definition) is 0. The van der Waals surface area contributed by atoms with E-state index < -0.39 is 6.10 Å². The van der Waals surface area contributed by atoms with Crippen molar-refractivity contribution in [1.82, 2.24) is 0 Å². The molecule has 1 atom stereocenters. The lowest BCUT2D eigenvalue weighted by Crippen LogP contribution is -2.30. The Balaban J connectivity index is 4.38. The minimum atomic E-state index is -0.806. The number of unbranched alkanes of at least 4 members (excludes halogenated alkanes) is 22. The summed E-state index contributed by atoms with van der Waals surface area (Å²) in [6.07, 6.45) is 99.7. The summed E-state index contributed by atoms with van der Waals surface area (Å²) in [5, 5.41) is 0. The largest absolute Gasteiger partial charge is 0.462 e. The molecule has 0 bridgehead atoms. The van der Waals surface area contributed by atoms with Gasteiger partial charge in [-0.2, -0.15) is 0 Å². The fourth-order valence-corrected chi connectivity index (χ4v) is 8.80. The summed E-state index contributed by atoms with van der Waals surface area (Å²) in [5.41, 5.74) is 0. The molecule has 0 aliphatic rings. The van der Waals surface area contributed by atoms with Crippen LogP contribution in [0.3, 0.4) is 0 Å². The summed E-state index contributed by atoms with van der Waals surface area (Å²) in [6.45, 7) is 6.38. The zero-order chi connectivity index (χ0) is 59.2. The maximum Gasteiger partial charge on any atom is 0.306 e. The van der Waals surface area contributed by atoms with E-state index >= 15 is 0 Å². The van der Waals surface area contributed by atoms with Gasteiger partial charge in [0, 0.05) is 19.3 Å². The molecule has 0 aliphatic heterocycles. The lowest BCUT2D eigenvalue weighted by molar-refractivity contribution is -0.167. The molecule has 0 rings (SSSR count). The topological polar surface area (TPSA) is 78.9 Å². The highest BCUT2D eigenvalue weighted by Crippen LogP contribution is 2.14. The Morgan fingerprint density at radius 3 is 0.756 bits per heavy atom. The van der Waals surface area contributed by atoms with Crippen molar-refractivity contribution in [3.8, 4) is 0 Å². The van der Waals surface area contributed by atoms with Crippen molar-refractivity contribution >= 4 is 17.9 Å². The Kier molecular flexibility index (Phi) is 64.4. The maximum absolute atomic E-state index is 12.9. The zero-order valence-electron chi connectivity index (χ0n) is 52.9. The normalized spacial score (nSPS) is 13.2. The summed E-state index contributed by atoms with van der Waals surface area (Å²) < 4.78 is 16.9. The number of ether oxygens (including phenoxy) is 3. The van der Waals surface area contributed by atoms with Crippen molar-refractivity contribution in [3.05, 3.63) is 158 Å². The van der Waals surface area contributed by atoms with E-state index in [4.69, 9.17) is 14.2 Å². The third kappa shape index (κ3) is 65.8. The average Bonchev–Trinajstić information content (AvgIpc) is 3.47. The second-order valence-corrected chi connectivity index (χ2v) is 21.6. The zero-order valence-corrected chi connectivity index (χ0v) is 52.9. The summed E-state index contributed by atoms with van der Waals surface area (Å²) in [4.78, 5) is 38.3. The van der Waals surface area contributed by atoms with Crippen LogP contribution in [0.15, 0.2) is 158 Å². The van der Waals surface area contributed by atoms with Crippen molar-refractivity contribution < 1.29 is 28.6 Å². The minimum Gasteiger partial charge on any atom is -0.462 e. The Hall–Kier alpha value is -4.97. The summed E-state index contributed by atoms with van der Waals surface area (Å²) in [7, 11) is 0. The van der Waals surface area contributed by atoms with E-state index in [1.807, 2.05) is 0 Å². The second kappa shape index (κ2) is 68.5. The van der Waals surface area contributed by atoms with Gasteiger partial charge in [0.2, 0.25) is 0 Å². The number of rotatable bonds is 59. The van der Waals surface area contributed by atoms with Gasteiger partial charge in [-0.15, -0.1) is 0 Å². The van der Waals surface area contributed by atoms with Crippen molar-refractivity contribution in [2.24, 2.45) is 0 Å². The molecule has 0 spiro atoms. The van der Waals surface area contributed by atoms with Crippen molar-refractivity contribution in [2.45, 2.75) is 290 Å². The van der Waals surface area contributed by atoms with Gasteiger partial charge in [0.1, 0.15) is 13.2 Å². The van der Waals surface area contributed by atoms with Crippen molar-refractivity contribution in [2.75, 3.05) is 13.2 Å². The van der Waals surface area contributed by atoms with Crippen LogP contribution < -0.4 is 0 Å². The predicted octanol–water partition coefficient (Wildman–Crippen LogP) is 23.3. The number of carbonyl (C=O) groups excluding carboxylic acids is 3. The highest BCUT2D eigenvalue weighted by Gasteiger charge is 2.19. The molecule has 0 aromatic rings. The number of esters is 3. The SMILES string of the molecule is CC/C=C\C/C=C\C/C=C\C/C=C\C/C=C\C/C=C\C/C=C\C/C=C\C/C=C\CCCCCCCC(=O)OCC(COC(=O)CCCCCCC/C=C\C/C=C\C/C=C\CC)OC(=O)CCCCCCC/C=C\CCCCCCCCC. The molecule has 1 unspecified atom stereocenters. The van der Waals surface area contributed by atoms with E-state index in [2.05, 4.69) is 179 Å². The van der Waals surface area contributed by atoms with E-state index in [-0.39, 0.29) is 31.1 Å². The van der Waals surface area contributed by atoms with E-state index in [9.17, 15) is 14.4 Å². The molecule has 6 nitrogen and oxygen atoms in total. The quantitative estimate of drug-likeness (QED) is 0.0261. The summed E-state index contributed by atoms with van der Waals surface area (Å²) >= 11 is 0. The van der Waals surface area contributed by atoms with Gasteiger partial charge in [0.15, 0.2) is 6.10 Å². The van der Waals surface area contributed by atoms with E-state index in [1.54, 1.807) is 0 Å². The Morgan fingerprint density at radius 2 is 0.476 bits per heavy atom. The fraction of sp³-hybridized carbons (Fsp3) is 0.618. The monoisotopic (exact) mass is 1130 g/mol. The Labute approximate surface area is 505 Å². The standard InChI is InChI=1S/C76H122O6/c1-4-7-10-13-16-19-22-25-28-30-31-32-33-34-35-36-37-38-39-40-41-42-43-44-45-46-49-51-54-57-60-63-66-69-75(78)81-72-73(71-80-74(77)68-65-62-59-56-53-50-47-27-24-21-18-15-12-9-6-3)82-76(79)70-67-64-61-58-55-52-48-29-26-23-20-17-14-11-8-5-2/h7,9-10,12,16,18-19,21,25,27-29,31-32,34-35,37-38,40-41,43-44,46-49,73H,4-6,8,11,13-15,17,20,22-24,26,30,33,36,39,42,45,50-72H2,1-3H3/b10-7-,12-9-,19-16-,21-18-,28-25-,32-31-,35-34-,38-37-,41-40-,44-43-,47-27-,48-29-,49-46-. The van der Waals surface area contributed by atoms with Crippen LogP contribution in [-0.4, -0.2) is 37.2 Å². The number of carbonyl (C=O) groups is 3. The molecule has 0 N–H and O–H groups in total. The molecule has 6 heteroatoms. The molecule has 0 aromatic heterocycles. The second-order valence-electron chi connectivity index (χ2n) is 21.6. The van der Waals surface area contributed by atoms with Gasteiger partial charge in [0.25, 0.3) is 0 Å². The molecular weight excluding hydrogens is 1010 g/mol. The van der Waals surface area contributed by atoms with Crippen LogP contribution in [0.2, 0.25) is 0 Å². The van der Waals surface area contributed by atoms with Crippen LogP contribution in [0.25, 0.3) is 0 Å². The molecule has 0 radical (unpaired) electrons. The van der Waals surface area contributed by atoms with Gasteiger partial charge in [-0.05, 0) is 148 Å². The summed E-state index contributed by atoms with van der Waals surface area (Å²) in [6, 6.07) is 0. The Morgan fingerprint density at radius 1 is 0.256 bits per heavy atom. The Bertz CT molecular complexity index is 1830. The van der Waals surface area contributed by atoms with Crippen LogP contribution in [-0.2, 0) is 28.6 Å². The van der Waals surface area contributed by atoms with Crippen molar-refractivity contribution in [3.63, 3.8) is 0 Å². The van der Waals surface area contributed by atoms with Crippen LogP contribution in [0, 0.1) is 0 Å². The fourth-order valence-electron chi connectivity index (χ4n) is 8.80. The van der Waals surface area contributed by atoms with Gasteiger partial charge in [0.05, 0.1) is 0 Å². The first-order valence-electron chi connectivity index (χ1n) is 33.5. The molecule has 0 saturated carbocycles. The third-order valence-electron chi connectivity index (χ3n) is 13.7. The molecule has 0 saturated heterocycles. The molecule has 0 aliphatic carbocycles. The van der Waals surface area contributed by atoms with Gasteiger partial charge in [-0.25, -0.2) is 0 Å². The molecule has 0 fully saturated rings. The molecule has 462 valence electrons. The smallest absolute Gasteiger partial charge is 0.306 e. The van der Waals surface area contributed by atoms with E-state index in [0.717, 1.165) is 186 Å². The first-order valence-corrected chi connectivity index (χ1v) is 33.5. The van der Waals surface area contributed by atoms with Gasteiger partial charge in [-0.1, -0.05) is 275 Å². The lowest BCUT2D eigenvalue weighted by atomic mass is 10.1. The predicted molar refractivity (Wildman–Crippen MR) is 357 cm³/mol. The highest BCUT2D eigenvalue weighted by atomic mass is 16.6. The van der Waals surface area contributed by atoms with Crippen LogP contribution in [0.1, 0.15) is 284 Å².